The van der Waals surface area contributed by atoms with E-state index < -0.39 is 39.3 Å². The molecule has 1 fully saturated rings. The summed E-state index contributed by atoms with van der Waals surface area (Å²) < 4.78 is 40.5. The lowest BCUT2D eigenvalue weighted by Gasteiger charge is -2.32. The van der Waals surface area contributed by atoms with Gasteiger partial charge in [-0.2, -0.15) is 4.31 Å². The SMILES string of the molecule is CC(C)(CC(=O)Nc1cc(Cl)cc2c(S(=O)(=O)N3CCOC(COc4ccccc4)C3)c(C(N)=O)[nH]c12)C(=O)O. The van der Waals surface area contributed by atoms with Crippen molar-refractivity contribution in [2.75, 3.05) is 31.6 Å². The van der Waals surface area contributed by atoms with Gasteiger partial charge in [0.1, 0.15) is 29.0 Å². The predicted molar refractivity (Wildman–Crippen MR) is 147 cm³/mol. The second-order valence-electron chi connectivity index (χ2n) is 9.96. The molecule has 0 aliphatic carbocycles. The molecule has 0 radical (unpaired) electrons. The zero-order valence-electron chi connectivity index (χ0n) is 21.8. The molecule has 1 saturated heterocycles. The Kier molecular flexibility index (Phi) is 8.40. The number of carbonyl (C=O) groups is 3. The molecule has 5 N–H and O–H groups in total. The summed E-state index contributed by atoms with van der Waals surface area (Å²) in [6.07, 6.45) is -0.951. The van der Waals surface area contributed by atoms with E-state index in [1.54, 1.807) is 12.1 Å². The molecule has 214 valence electrons. The third-order valence-corrected chi connectivity index (χ3v) is 8.57. The summed E-state index contributed by atoms with van der Waals surface area (Å²) in [6, 6.07) is 11.7. The van der Waals surface area contributed by atoms with E-state index in [0.29, 0.717) is 5.75 Å². The van der Waals surface area contributed by atoms with E-state index in [1.165, 1.54) is 30.3 Å². The van der Waals surface area contributed by atoms with Crippen LogP contribution in [0.5, 0.6) is 5.75 Å². The maximum absolute atomic E-state index is 13.9. The second-order valence-corrected chi connectivity index (χ2v) is 12.3. The predicted octanol–water partition coefficient (Wildman–Crippen LogP) is 2.83. The fourth-order valence-electron chi connectivity index (χ4n) is 4.29. The van der Waals surface area contributed by atoms with E-state index >= 15 is 0 Å². The molecule has 2 aromatic carbocycles. The fourth-order valence-corrected chi connectivity index (χ4v) is 6.30. The van der Waals surface area contributed by atoms with Crippen LogP contribution < -0.4 is 15.8 Å². The van der Waals surface area contributed by atoms with E-state index in [-0.39, 0.29) is 64.9 Å². The minimum atomic E-state index is -4.32. The highest BCUT2D eigenvalue weighted by Gasteiger charge is 2.37. The number of hydrogen-bond acceptors (Lipinski definition) is 7. The third-order valence-electron chi connectivity index (χ3n) is 6.41. The highest BCUT2D eigenvalue weighted by atomic mass is 35.5. The van der Waals surface area contributed by atoms with Crippen molar-refractivity contribution in [2.45, 2.75) is 31.3 Å². The quantitative estimate of drug-likeness (QED) is 0.277. The summed E-state index contributed by atoms with van der Waals surface area (Å²) in [7, 11) is -4.32. The van der Waals surface area contributed by atoms with Crippen LogP contribution in [-0.2, 0) is 24.3 Å². The molecule has 1 unspecified atom stereocenters. The maximum atomic E-state index is 13.9. The number of primary amides is 1. The lowest BCUT2D eigenvalue weighted by atomic mass is 9.89. The number of nitrogens with zero attached hydrogens (tertiary/aromatic N) is 1. The Morgan fingerprint density at radius 1 is 1.25 bits per heavy atom. The normalized spacial score (nSPS) is 16.5. The number of para-hydroxylation sites is 1. The molecule has 4 rings (SSSR count). The Labute approximate surface area is 235 Å². The van der Waals surface area contributed by atoms with Gasteiger partial charge in [0.15, 0.2) is 0 Å². The smallest absolute Gasteiger partial charge is 0.309 e. The van der Waals surface area contributed by atoms with Gasteiger partial charge in [-0.1, -0.05) is 29.8 Å². The second kappa shape index (κ2) is 11.5. The van der Waals surface area contributed by atoms with Crippen molar-refractivity contribution < 1.29 is 37.4 Å². The summed E-state index contributed by atoms with van der Waals surface area (Å²) in [6.45, 7) is 2.96. The number of aromatic amines is 1. The van der Waals surface area contributed by atoms with Gasteiger partial charge in [-0.15, -0.1) is 0 Å². The number of carbonyl (C=O) groups excluding carboxylic acids is 2. The summed E-state index contributed by atoms with van der Waals surface area (Å²) in [5.41, 5.74) is 3.98. The van der Waals surface area contributed by atoms with Crippen LogP contribution in [0.2, 0.25) is 5.02 Å². The van der Waals surface area contributed by atoms with Crippen molar-refractivity contribution in [3.8, 4) is 5.75 Å². The zero-order valence-corrected chi connectivity index (χ0v) is 23.3. The van der Waals surface area contributed by atoms with E-state index in [9.17, 15) is 27.9 Å². The number of halogens is 1. The van der Waals surface area contributed by atoms with E-state index in [1.807, 2.05) is 18.2 Å². The van der Waals surface area contributed by atoms with Gasteiger partial charge in [0, 0.05) is 29.9 Å². The van der Waals surface area contributed by atoms with E-state index in [2.05, 4.69) is 10.3 Å². The number of aromatic nitrogens is 1. The number of ether oxygens (including phenoxy) is 2. The number of hydrogen-bond donors (Lipinski definition) is 4. The highest BCUT2D eigenvalue weighted by molar-refractivity contribution is 7.89. The number of aliphatic carboxylic acids is 1. The Morgan fingerprint density at radius 3 is 2.60 bits per heavy atom. The first-order valence-corrected chi connectivity index (χ1v) is 14.1. The number of H-pyrrole nitrogens is 1. The molecule has 1 atom stereocenters. The lowest BCUT2D eigenvalue weighted by Crippen LogP contribution is -2.47. The van der Waals surface area contributed by atoms with Crippen molar-refractivity contribution >= 4 is 56.0 Å². The number of morpholine rings is 1. The van der Waals surface area contributed by atoms with Gasteiger partial charge in [-0.25, -0.2) is 8.42 Å². The zero-order chi connectivity index (χ0) is 29.2. The van der Waals surface area contributed by atoms with Gasteiger partial charge < -0.3 is 30.6 Å². The topological polar surface area (TPSA) is 181 Å². The summed E-state index contributed by atoms with van der Waals surface area (Å²) >= 11 is 6.29. The Balaban J connectivity index is 1.67. The molecular formula is C26H29ClN4O8S. The van der Waals surface area contributed by atoms with Gasteiger partial charge in [0.05, 0.1) is 23.2 Å². The molecule has 1 aliphatic heterocycles. The molecule has 14 heteroatoms. The average Bonchev–Trinajstić information content (AvgIpc) is 3.28. The van der Waals surface area contributed by atoms with Crippen LogP contribution in [0.3, 0.4) is 0 Å². The lowest BCUT2D eigenvalue weighted by molar-refractivity contribution is -0.148. The van der Waals surface area contributed by atoms with Crippen LogP contribution in [0.4, 0.5) is 5.69 Å². The van der Waals surface area contributed by atoms with Crippen LogP contribution in [-0.4, -0.2) is 73.0 Å². The van der Waals surface area contributed by atoms with Crippen LogP contribution in [0.1, 0.15) is 30.8 Å². The number of rotatable bonds is 10. The summed E-state index contributed by atoms with van der Waals surface area (Å²) in [5, 5.41) is 12.0. The van der Waals surface area contributed by atoms with Crippen molar-refractivity contribution in [2.24, 2.45) is 11.1 Å². The van der Waals surface area contributed by atoms with E-state index in [4.69, 9.17) is 26.8 Å². The molecule has 0 spiro atoms. The molecule has 40 heavy (non-hydrogen) atoms. The van der Waals surface area contributed by atoms with Gasteiger partial charge in [0.25, 0.3) is 5.91 Å². The largest absolute Gasteiger partial charge is 0.491 e. The van der Waals surface area contributed by atoms with Crippen molar-refractivity contribution in [3.63, 3.8) is 0 Å². The van der Waals surface area contributed by atoms with Crippen molar-refractivity contribution in [3.05, 3.63) is 53.2 Å². The van der Waals surface area contributed by atoms with Crippen molar-refractivity contribution in [1.29, 1.82) is 0 Å². The molecule has 0 saturated carbocycles. The Hall–Kier alpha value is -3.65. The Bertz CT molecular complexity index is 1560. The summed E-state index contributed by atoms with van der Waals surface area (Å²) in [5.74, 6) is -2.24. The number of sulfonamides is 1. The Morgan fingerprint density at radius 2 is 1.95 bits per heavy atom. The molecule has 12 nitrogen and oxygen atoms in total. The molecular weight excluding hydrogens is 564 g/mol. The van der Waals surface area contributed by atoms with E-state index in [0.717, 1.165) is 0 Å². The summed E-state index contributed by atoms with van der Waals surface area (Å²) in [4.78, 5) is 38.9. The van der Waals surface area contributed by atoms with Crippen LogP contribution in [0.15, 0.2) is 47.4 Å². The van der Waals surface area contributed by atoms with Gasteiger partial charge in [-0.05, 0) is 38.1 Å². The molecule has 2 heterocycles. The first-order chi connectivity index (χ1) is 18.8. The fraction of sp³-hybridized carbons (Fsp3) is 0.346. The molecule has 1 aromatic heterocycles. The third kappa shape index (κ3) is 6.22. The number of carboxylic acid groups (broad SMARTS) is 1. The van der Waals surface area contributed by atoms with Gasteiger partial charge in [-0.3, -0.25) is 14.4 Å². The minimum absolute atomic E-state index is 0.0173. The standard InChI is InChI=1S/C26H29ClN4O8S/c1-26(2,25(34)35)12-20(32)29-19-11-15(27)10-18-21(19)30-22(24(28)33)23(18)40(36,37)31-8-9-38-17(13-31)14-39-16-6-4-3-5-7-16/h3-7,10-11,17,30H,8-9,12-14H2,1-2H3,(H2,28,33)(H,29,32)(H,34,35). The molecule has 2 amide bonds. The maximum Gasteiger partial charge on any atom is 0.309 e. The molecule has 1 aliphatic rings. The number of amides is 2. The number of carboxylic acids is 1. The van der Waals surface area contributed by atoms with Crippen LogP contribution in [0, 0.1) is 5.41 Å². The average molecular weight is 593 g/mol. The van der Waals surface area contributed by atoms with Crippen LogP contribution in [0.25, 0.3) is 10.9 Å². The highest BCUT2D eigenvalue weighted by Crippen LogP contribution is 2.37. The number of anilines is 1. The number of nitrogens with two attached hydrogens (primary N) is 1. The number of nitrogens with one attached hydrogen (secondary N) is 2. The first kappa shape index (κ1) is 29.3. The molecule has 3 aromatic rings. The van der Waals surface area contributed by atoms with Crippen LogP contribution >= 0.6 is 11.6 Å². The number of fused-ring (bicyclic) bond motifs is 1. The van der Waals surface area contributed by atoms with Gasteiger partial charge >= 0.3 is 5.97 Å². The minimum Gasteiger partial charge on any atom is -0.491 e. The number of benzene rings is 2. The van der Waals surface area contributed by atoms with Gasteiger partial charge in [0.2, 0.25) is 15.9 Å². The monoisotopic (exact) mass is 592 g/mol. The van der Waals surface area contributed by atoms with Crippen molar-refractivity contribution in [1.82, 2.24) is 9.29 Å². The first-order valence-electron chi connectivity index (χ1n) is 12.3. The molecule has 0 bridgehead atoms.